The molecule has 2 unspecified atom stereocenters. The first kappa shape index (κ1) is 13.3. The van der Waals surface area contributed by atoms with Crippen LogP contribution in [-0.2, 0) is 10.0 Å². The van der Waals surface area contributed by atoms with E-state index < -0.39 is 10.0 Å². The van der Waals surface area contributed by atoms with E-state index in [1.165, 1.54) is 0 Å². The van der Waals surface area contributed by atoms with E-state index in [0.29, 0.717) is 18.2 Å². The van der Waals surface area contributed by atoms with Crippen LogP contribution in [-0.4, -0.2) is 27.5 Å². The van der Waals surface area contributed by atoms with Crippen molar-refractivity contribution in [1.82, 2.24) is 0 Å². The average molecular weight is 269 g/mol. The summed E-state index contributed by atoms with van der Waals surface area (Å²) in [5, 5.41) is 5.26. The van der Waals surface area contributed by atoms with Gasteiger partial charge in [0.1, 0.15) is 4.90 Å². The summed E-state index contributed by atoms with van der Waals surface area (Å²) in [5.74, 6) is 0.411. The van der Waals surface area contributed by atoms with E-state index in [1.54, 1.807) is 18.2 Å². The molecule has 4 N–H and O–H groups in total. The highest BCUT2D eigenvalue weighted by atomic mass is 32.2. The van der Waals surface area contributed by atoms with Gasteiger partial charge in [0, 0.05) is 12.6 Å². The summed E-state index contributed by atoms with van der Waals surface area (Å²) in [6, 6.07) is 7.14. The third-order valence-electron chi connectivity index (χ3n) is 3.48. The third kappa shape index (κ3) is 2.50. The summed E-state index contributed by atoms with van der Waals surface area (Å²) in [4.78, 5) is 2.27. The summed E-state index contributed by atoms with van der Waals surface area (Å²) in [6.45, 7) is 3.48. The normalized spacial score (nSPS) is 24.5. The van der Waals surface area contributed by atoms with Crippen LogP contribution in [0.1, 0.15) is 13.3 Å². The molecule has 0 saturated carbocycles. The number of primary sulfonamides is 1. The van der Waals surface area contributed by atoms with E-state index in [4.69, 9.17) is 10.9 Å². The molecule has 1 fully saturated rings. The molecule has 1 aromatic rings. The molecule has 18 heavy (non-hydrogen) atoms. The van der Waals surface area contributed by atoms with Crippen molar-refractivity contribution in [1.29, 1.82) is 0 Å². The Balaban J connectivity index is 2.40. The summed E-state index contributed by atoms with van der Waals surface area (Å²) in [7, 11) is -3.69. The zero-order chi connectivity index (χ0) is 13.3. The molecule has 2 rings (SSSR count). The molecular formula is C12H19N3O2S. The van der Waals surface area contributed by atoms with Gasteiger partial charge in [-0.1, -0.05) is 12.1 Å². The van der Waals surface area contributed by atoms with Crippen molar-refractivity contribution < 1.29 is 8.42 Å². The number of hydrogen-bond acceptors (Lipinski definition) is 4. The molecule has 0 radical (unpaired) electrons. The first-order valence-corrected chi connectivity index (χ1v) is 7.56. The predicted molar refractivity (Wildman–Crippen MR) is 71.8 cm³/mol. The molecule has 1 heterocycles. The quantitative estimate of drug-likeness (QED) is 0.836. The van der Waals surface area contributed by atoms with Gasteiger partial charge in [0.25, 0.3) is 0 Å². The van der Waals surface area contributed by atoms with E-state index in [1.807, 2.05) is 6.07 Å². The van der Waals surface area contributed by atoms with Gasteiger partial charge in [-0.05, 0) is 37.9 Å². The summed E-state index contributed by atoms with van der Waals surface area (Å²) in [5.41, 5.74) is 6.37. The number of benzene rings is 1. The van der Waals surface area contributed by atoms with Gasteiger partial charge in [-0.25, -0.2) is 13.6 Å². The van der Waals surface area contributed by atoms with E-state index >= 15 is 0 Å². The van der Waals surface area contributed by atoms with Gasteiger partial charge >= 0.3 is 0 Å². The first-order chi connectivity index (χ1) is 8.43. The van der Waals surface area contributed by atoms with Crippen LogP contribution in [0, 0.1) is 5.92 Å². The molecular weight excluding hydrogens is 250 g/mol. The Kier molecular flexibility index (Phi) is 3.61. The topological polar surface area (TPSA) is 89.4 Å². The minimum atomic E-state index is -3.69. The molecule has 1 aliphatic rings. The Morgan fingerprint density at radius 1 is 1.39 bits per heavy atom. The number of hydrogen-bond donors (Lipinski definition) is 2. The summed E-state index contributed by atoms with van der Waals surface area (Å²) >= 11 is 0. The predicted octanol–water partition coefficient (Wildman–Crippen LogP) is 0.507. The zero-order valence-electron chi connectivity index (χ0n) is 10.4. The second-order valence-corrected chi connectivity index (χ2v) is 6.38. The molecule has 0 amide bonds. The highest BCUT2D eigenvalue weighted by molar-refractivity contribution is 7.89. The second-order valence-electron chi connectivity index (χ2n) is 4.85. The average Bonchev–Trinajstić information content (AvgIpc) is 2.69. The van der Waals surface area contributed by atoms with Crippen molar-refractivity contribution in [3.8, 4) is 0 Å². The van der Waals surface area contributed by atoms with E-state index in [9.17, 15) is 8.42 Å². The van der Waals surface area contributed by atoms with Crippen LogP contribution in [0.4, 0.5) is 5.69 Å². The summed E-state index contributed by atoms with van der Waals surface area (Å²) in [6.07, 6.45) is 0.982. The van der Waals surface area contributed by atoms with Gasteiger partial charge in [0.05, 0.1) is 5.69 Å². The van der Waals surface area contributed by atoms with Crippen molar-refractivity contribution in [2.24, 2.45) is 16.8 Å². The largest absolute Gasteiger partial charge is 0.367 e. The van der Waals surface area contributed by atoms with Crippen LogP contribution in [0.5, 0.6) is 0 Å². The van der Waals surface area contributed by atoms with Crippen LogP contribution in [0.3, 0.4) is 0 Å². The number of nitrogens with zero attached hydrogens (tertiary/aromatic N) is 1. The fourth-order valence-corrected chi connectivity index (χ4v) is 3.33. The molecule has 0 bridgehead atoms. The van der Waals surface area contributed by atoms with Crippen LogP contribution < -0.4 is 15.8 Å². The SMILES string of the molecule is CC1CC(CN)CN1c1ccccc1S(N)(=O)=O. The smallest absolute Gasteiger partial charge is 0.240 e. The molecule has 5 nitrogen and oxygen atoms in total. The minimum Gasteiger partial charge on any atom is -0.367 e. The number of sulfonamides is 1. The fraction of sp³-hybridized carbons (Fsp3) is 0.500. The monoisotopic (exact) mass is 269 g/mol. The van der Waals surface area contributed by atoms with Gasteiger partial charge in [0.2, 0.25) is 10.0 Å². The number of anilines is 1. The second kappa shape index (κ2) is 4.87. The lowest BCUT2D eigenvalue weighted by Crippen LogP contribution is -2.29. The minimum absolute atomic E-state index is 0.189. The van der Waals surface area contributed by atoms with Crippen molar-refractivity contribution in [2.45, 2.75) is 24.3 Å². The van der Waals surface area contributed by atoms with Crippen LogP contribution in [0.2, 0.25) is 0 Å². The molecule has 100 valence electrons. The number of nitrogens with two attached hydrogens (primary N) is 2. The standard InChI is InChI=1S/C12H19N3O2S/c1-9-6-10(7-13)8-15(9)11-4-2-3-5-12(11)18(14,16)17/h2-5,9-10H,6-8,13H2,1H3,(H2,14,16,17). The molecule has 0 aromatic heterocycles. The lowest BCUT2D eigenvalue weighted by Gasteiger charge is -2.25. The lowest BCUT2D eigenvalue weighted by atomic mass is 10.1. The van der Waals surface area contributed by atoms with Crippen LogP contribution in [0.15, 0.2) is 29.2 Å². The fourth-order valence-electron chi connectivity index (χ4n) is 2.58. The van der Waals surface area contributed by atoms with Gasteiger partial charge in [0.15, 0.2) is 0 Å². The van der Waals surface area contributed by atoms with Gasteiger partial charge < -0.3 is 10.6 Å². The first-order valence-electron chi connectivity index (χ1n) is 6.02. The number of para-hydroxylation sites is 1. The maximum absolute atomic E-state index is 11.6. The molecule has 1 aromatic carbocycles. The van der Waals surface area contributed by atoms with Gasteiger partial charge in [-0.15, -0.1) is 0 Å². The van der Waals surface area contributed by atoms with Crippen molar-refractivity contribution in [2.75, 3.05) is 18.0 Å². The van der Waals surface area contributed by atoms with Crippen molar-refractivity contribution >= 4 is 15.7 Å². The maximum atomic E-state index is 11.6. The maximum Gasteiger partial charge on any atom is 0.240 e. The third-order valence-corrected chi connectivity index (χ3v) is 4.43. The van der Waals surface area contributed by atoms with Crippen LogP contribution in [0.25, 0.3) is 0 Å². The zero-order valence-corrected chi connectivity index (χ0v) is 11.2. The Bertz CT molecular complexity index is 530. The lowest BCUT2D eigenvalue weighted by molar-refractivity contribution is 0.579. The molecule has 0 spiro atoms. The van der Waals surface area contributed by atoms with Crippen molar-refractivity contribution in [3.05, 3.63) is 24.3 Å². The molecule has 1 aliphatic heterocycles. The Morgan fingerprint density at radius 3 is 2.61 bits per heavy atom. The molecule has 6 heteroatoms. The highest BCUT2D eigenvalue weighted by Gasteiger charge is 2.30. The van der Waals surface area contributed by atoms with Gasteiger partial charge in [-0.2, -0.15) is 0 Å². The Labute approximate surface area is 108 Å². The van der Waals surface area contributed by atoms with Crippen LogP contribution >= 0.6 is 0 Å². The summed E-state index contributed by atoms with van der Waals surface area (Å²) < 4.78 is 23.2. The van der Waals surface area contributed by atoms with E-state index in [2.05, 4.69) is 11.8 Å². The number of rotatable bonds is 3. The Hall–Kier alpha value is -1.11. The molecule has 0 aliphatic carbocycles. The van der Waals surface area contributed by atoms with Crippen molar-refractivity contribution in [3.63, 3.8) is 0 Å². The van der Waals surface area contributed by atoms with E-state index in [0.717, 1.165) is 13.0 Å². The highest BCUT2D eigenvalue weighted by Crippen LogP contribution is 2.32. The molecule has 1 saturated heterocycles. The van der Waals surface area contributed by atoms with E-state index in [-0.39, 0.29) is 10.9 Å². The Morgan fingerprint density at radius 2 is 2.06 bits per heavy atom. The molecule has 2 atom stereocenters. The van der Waals surface area contributed by atoms with Gasteiger partial charge in [-0.3, -0.25) is 0 Å².